The minimum atomic E-state index is -0.976. The Bertz CT molecular complexity index is 1700. The number of oxazole rings is 1. The van der Waals surface area contributed by atoms with Crippen LogP contribution in [0.2, 0.25) is 5.02 Å². The summed E-state index contributed by atoms with van der Waals surface area (Å²) >= 11 is 6.13. The third-order valence-electron chi connectivity index (χ3n) is 7.13. The lowest BCUT2D eigenvalue weighted by atomic mass is 10.0. The molecule has 0 aliphatic carbocycles. The molecule has 1 unspecified atom stereocenters. The van der Waals surface area contributed by atoms with Crippen LogP contribution in [0.25, 0.3) is 22.2 Å². The molecule has 8 nitrogen and oxygen atoms in total. The summed E-state index contributed by atoms with van der Waals surface area (Å²) in [6.45, 7) is 1.95. The van der Waals surface area contributed by atoms with Crippen molar-refractivity contribution in [2.45, 2.75) is 25.4 Å². The Morgan fingerprint density at radius 1 is 0.837 bits per heavy atom. The lowest BCUT2D eigenvalue weighted by molar-refractivity contribution is -0.123. The van der Waals surface area contributed by atoms with Gasteiger partial charge in [0.15, 0.2) is 5.58 Å². The zero-order chi connectivity index (χ0) is 30.3. The number of fused-ring (bicyclic) bond motifs is 1. The Labute approximate surface area is 254 Å². The van der Waals surface area contributed by atoms with Gasteiger partial charge in [0.2, 0.25) is 11.7 Å². The van der Waals surface area contributed by atoms with Crippen LogP contribution in [0.15, 0.2) is 108 Å². The fraction of sp³-hybridized carbons (Fsp3) is 0.176. The molecule has 2 amide bonds. The molecule has 1 heterocycles. The summed E-state index contributed by atoms with van der Waals surface area (Å²) < 4.78 is 5.65. The van der Waals surface area contributed by atoms with Gasteiger partial charge in [-0.3, -0.25) is 14.4 Å². The first-order valence-corrected chi connectivity index (χ1v) is 14.3. The highest BCUT2D eigenvalue weighted by Crippen LogP contribution is 2.23. The van der Waals surface area contributed by atoms with E-state index in [1.807, 2.05) is 72.6 Å². The number of likely N-dealkylation sites (N-methyl/N-ethyl adjacent to an activating group) is 1. The number of hydrogen-bond donors (Lipinski definition) is 2. The first-order chi connectivity index (χ1) is 20.8. The number of carbonyl (C=O) groups excluding carboxylic acids is 3. The summed E-state index contributed by atoms with van der Waals surface area (Å²) in [5.41, 5.74) is 4.14. The normalized spacial score (nSPS) is 12.3. The summed E-state index contributed by atoms with van der Waals surface area (Å²) in [5.74, 6) is -1.43. The van der Waals surface area contributed by atoms with Gasteiger partial charge < -0.3 is 20.0 Å². The standard InChI is InChI=1S/C34H31ClN4O4/c1-3-27(31(40)34-38-28-14-7-8-15-30(28)43-34)36-33(42)29(21-39(2)26-12-5-4-6-13-26)37-32(41)23-18-16-22(17-19-23)24-10-9-11-25(35)20-24/h4-20,27,29H,3,21H2,1-2H3,(H,36,42)(H,37,41)/t27?,29-/m0/s1. The lowest BCUT2D eigenvalue weighted by Gasteiger charge is -2.27. The molecule has 5 aromatic rings. The molecule has 1 aromatic heterocycles. The van der Waals surface area contributed by atoms with Gasteiger partial charge >= 0.3 is 0 Å². The van der Waals surface area contributed by atoms with E-state index in [1.54, 1.807) is 49.4 Å². The van der Waals surface area contributed by atoms with Crippen molar-refractivity contribution in [3.05, 3.63) is 120 Å². The molecule has 0 bridgehead atoms. The molecule has 9 heteroatoms. The largest absolute Gasteiger partial charge is 0.434 e. The van der Waals surface area contributed by atoms with Crippen molar-refractivity contribution >= 4 is 46.0 Å². The Balaban J connectivity index is 1.34. The van der Waals surface area contributed by atoms with E-state index in [2.05, 4.69) is 15.6 Å². The molecule has 5 rings (SSSR count). The highest BCUT2D eigenvalue weighted by Gasteiger charge is 2.30. The molecule has 2 N–H and O–H groups in total. The number of Topliss-reactive ketones (excluding diaryl/α,β-unsaturated/α-hetero) is 1. The second-order valence-electron chi connectivity index (χ2n) is 10.2. The number of aromatic nitrogens is 1. The van der Waals surface area contributed by atoms with Gasteiger partial charge in [-0.2, -0.15) is 0 Å². The van der Waals surface area contributed by atoms with Crippen molar-refractivity contribution in [2.75, 3.05) is 18.5 Å². The minimum Gasteiger partial charge on any atom is -0.434 e. The van der Waals surface area contributed by atoms with Crippen LogP contribution in [0.4, 0.5) is 5.69 Å². The molecule has 2 atom stereocenters. The molecule has 0 radical (unpaired) electrons. The van der Waals surface area contributed by atoms with Gasteiger partial charge in [-0.05, 0) is 66.1 Å². The molecule has 0 saturated carbocycles. The van der Waals surface area contributed by atoms with E-state index in [1.165, 1.54) is 0 Å². The highest BCUT2D eigenvalue weighted by molar-refractivity contribution is 6.30. The number of benzene rings is 4. The van der Waals surface area contributed by atoms with Crippen molar-refractivity contribution < 1.29 is 18.8 Å². The summed E-state index contributed by atoms with van der Waals surface area (Å²) in [6, 6.07) is 29.3. The van der Waals surface area contributed by atoms with Gasteiger partial charge in [-0.1, -0.05) is 73.1 Å². The van der Waals surface area contributed by atoms with Crippen LogP contribution < -0.4 is 15.5 Å². The van der Waals surface area contributed by atoms with Crippen LogP contribution in [0.3, 0.4) is 0 Å². The number of para-hydroxylation sites is 3. The van der Waals surface area contributed by atoms with E-state index in [0.29, 0.717) is 28.1 Å². The molecule has 4 aromatic carbocycles. The van der Waals surface area contributed by atoms with E-state index in [4.69, 9.17) is 16.0 Å². The van der Waals surface area contributed by atoms with Gasteiger partial charge in [0, 0.05) is 29.9 Å². The van der Waals surface area contributed by atoms with Crippen LogP contribution in [0.5, 0.6) is 0 Å². The van der Waals surface area contributed by atoms with Gasteiger partial charge in [-0.15, -0.1) is 0 Å². The number of hydrogen-bond acceptors (Lipinski definition) is 6. The topological polar surface area (TPSA) is 105 Å². The van der Waals surface area contributed by atoms with Crippen molar-refractivity contribution in [3.8, 4) is 11.1 Å². The zero-order valence-corrected chi connectivity index (χ0v) is 24.5. The van der Waals surface area contributed by atoms with Crippen LogP contribution in [0, 0.1) is 0 Å². The maximum absolute atomic E-state index is 13.7. The van der Waals surface area contributed by atoms with Crippen LogP contribution in [-0.4, -0.2) is 48.3 Å². The third kappa shape index (κ3) is 7.10. The molecule has 218 valence electrons. The highest BCUT2D eigenvalue weighted by atomic mass is 35.5. The second kappa shape index (κ2) is 13.4. The molecular weight excluding hydrogens is 564 g/mol. The molecule has 0 fully saturated rings. The van der Waals surface area contributed by atoms with Gasteiger partial charge in [0.25, 0.3) is 11.8 Å². The smallest absolute Gasteiger partial charge is 0.266 e. The lowest BCUT2D eigenvalue weighted by Crippen LogP contribution is -2.55. The number of nitrogens with one attached hydrogen (secondary N) is 2. The van der Waals surface area contributed by atoms with E-state index in [0.717, 1.165) is 16.8 Å². The number of carbonyl (C=O) groups is 3. The maximum atomic E-state index is 13.7. The zero-order valence-electron chi connectivity index (χ0n) is 23.8. The average Bonchev–Trinajstić information content (AvgIpc) is 3.48. The second-order valence-corrected chi connectivity index (χ2v) is 10.6. The number of rotatable bonds is 11. The van der Waals surface area contributed by atoms with Crippen molar-refractivity contribution in [2.24, 2.45) is 0 Å². The first-order valence-electron chi connectivity index (χ1n) is 14.0. The number of anilines is 1. The van der Waals surface area contributed by atoms with E-state index in [-0.39, 0.29) is 12.4 Å². The maximum Gasteiger partial charge on any atom is 0.266 e. The predicted octanol–water partition coefficient (Wildman–Crippen LogP) is 6.16. The number of nitrogens with zero attached hydrogens (tertiary/aromatic N) is 2. The molecular formula is C34H31ClN4O4. The first kappa shape index (κ1) is 29.5. The Hall–Kier alpha value is -4.95. The number of halogens is 1. The Morgan fingerprint density at radius 2 is 1.56 bits per heavy atom. The quantitative estimate of drug-likeness (QED) is 0.177. The van der Waals surface area contributed by atoms with Crippen LogP contribution in [0.1, 0.15) is 34.4 Å². The molecule has 0 aliphatic rings. The summed E-state index contributed by atoms with van der Waals surface area (Å²) in [4.78, 5) is 46.5. The van der Waals surface area contributed by atoms with Crippen LogP contribution >= 0.6 is 11.6 Å². The molecule has 0 spiro atoms. The van der Waals surface area contributed by atoms with Crippen molar-refractivity contribution in [1.29, 1.82) is 0 Å². The summed E-state index contributed by atoms with van der Waals surface area (Å²) in [6.07, 6.45) is 0.309. The van der Waals surface area contributed by atoms with E-state index < -0.39 is 29.7 Å². The average molecular weight is 595 g/mol. The van der Waals surface area contributed by atoms with Gasteiger partial charge in [0.05, 0.1) is 6.04 Å². The monoisotopic (exact) mass is 594 g/mol. The SMILES string of the molecule is CCC(NC(=O)[C@H](CN(C)c1ccccc1)NC(=O)c1ccc(-c2cccc(Cl)c2)cc1)C(=O)c1nc2ccccc2o1. The Kier molecular flexibility index (Phi) is 9.17. The van der Waals surface area contributed by atoms with Gasteiger partial charge in [-0.25, -0.2) is 4.98 Å². The van der Waals surface area contributed by atoms with Crippen molar-refractivity contribution in [1.82, 2.24) is 15.6 Å². The summed E-state index contributed by atoms with van der Waals surface area (Å²) in [5, 5.41) is 6.31. The molecule has 0 saturated heterocycles. The Morgan fingerprint density at radius 3 is 2.26 bits per heavy atom. The molecule has 0 aliphatic heterocycles. The predicted molar refractivity (Wildman–Crippen MR) is 168 cm³/mol. The van der Waals surface area contributed by atoms with E-state index >= 15 is 0 Å². The fourth-order valence-electron chi connectivity index (χ4n) is 4.73. The minimum absolute atomic E-state index is 0.0740. The van der Waals surface area contributed by atoms with Gasteiger partial charge in [0.1, 0.15) is 11.6 Å². The van der Waals surface area contributed by atoms with Crippen LogP contribution in [-0.2, 0) is 4.79 Å². The van der Waals surface area contributed by atoms with E-state index in [9.17, 15) is 14.4 Å². The molecule has 43 heavy (non-hydrogen) atoms. The number of ketones is 1. The third-order valence-corrected chi connectivity index (χ3v) is 7.36. The number of amides is 2. The fourth-order valence-corrected chi connectivity index (χ4v) is 4.92. The summed E-state index contributed by atoms with van der Waals surface area (Å²) in [7, 11) is 1.84. The van der Waals surface area contributed by atoms with Crippen molar-refractivity contribution in [3.63, 3.8) is 0 Å².